The monoisotopic (exact) mass is 206 g/mol. The Labute approximate surface area is 86.0 Å². The smallest absolute Gasteiger partial charge is 0.176 e. The van der Waals surface area contributed by atoms with E-state index in [0.29, 0.717) is 0 Å². The SMILES string of the molecule is CC(=O)c1cccn1Cc1cncs1. The van der Waals surface area contributed by atoms with Crippen LogP contribution in [0.1, 0.15) is 22.3 Å². The quantitative estimate of drug-likeness (QED) is 0.721. The second kappa shape index (κ2) is 3.75. The van der Waals surface area contributed by atoms with Crippen LogP contribution in [0.4, 0.5) is 0 Å². The van der Waals surface area contributed by atoms with Crippen LogP contribution in [-0.2, 0) is 6.54 Å². The fraction of sp³-hybridized carbons (Fsp3) is 0.200. The molecule has 0 saturated heterocycles. The first-order valence-corrected chi connectivity index (χ1v) is 5.19. The molecule has 2 heterocycles. The van der Waals surface area contributed by atoms with Crippen LogP contribution in [0.5, 0.6) is 0 Å². The van der Waals surface area contributed by atoms with Gasteiger partial charge in [-0.2, -0.15) is 0 Å². The van der Waals surface area contributed by atoms with E-state index >= 15 is 0 Å². The molecule has 0 aliphatic carbocycles. The van der Waals surface area contributed by atoms with Crippen LogP contribution in [0, 0.1) is 0 Å². The van der Waals surface area contributed by atoms with Gasteiger partial charge >= 0.3 is 0 Å². The van der Waals surface area contributed by atoms with Crippen LogP contribution in [-0.4, -0.2) is 15.3 Å². The molecule has 0 bridgehead atoms. The minimum absolute atomic E-state index is 0.0968. The first-order chi connectivity index (χ1) is 6.77. The van der Waals surface area contributed by atoms with Crippen LogP contribution in [0.2, 0.25) is 0 Å². The summed E-state index contributed by atoms with van der Waals surface area (Å²) in [5, 5.41) is 0. The third kappa shape index (κ3) is 1.75. The molecule has 0 atom stereocenters. The third-order valence-electron chi connectivity index (χ3n) is 2.00. The van der Waals surface area contributed by atoms with Gasteiger partial charge in [-0.15, -0.1) is 11.3 Å². The Morgan fingerprint density at radius 2 is 2.50 bits per heavy atom. The number of hydrogen-bond acceptors (Lipinski definition) is 3. The van der Waals surface area contributed by atoms with Crippen molar-refractivity contribution in [1.29, 1.82) is 0 Å². The molecule has 2 aromatic rings. The Balaban J connectivity index is 2.25. The van der Waals surface area contributed by atoms with E-state index in [4.69, 9.17) is 0 Å². The molecule has 14 heavy (non-hydrogen) atoms. The largest absolute Gasteiger partial charge is 0.340 e. The van der Waals surface area contributed by atoms with Crippen LogP contribution < -0.4 is 0 Å². The van der Waals surface area contributed by atoms with Gasteiger partial charge in [-0.25, -0.2) is 0 Å². The number of Topliss-reactive ketones (excluding diaryl/α,β-unsaturated/α-hetero) is 1. The molecule has 0 aliphatic rings. The fourth-order valence-corrected chi connectivity index (χ4v) is 1.95. The molecule has 4 heteroatoms. The number of carbonyl (C=O) groups is 1. The maximum absolute atomic E-state index is 11.2. The Kier molecular flexibility index (Phi) is 2.45. The Bertz CT molecular complexity index is 431. The number of thiazole rings is 1. The molecule has 0 radical (unpaired) electrons. The summed E-state index contributed by atoms with van der Waals surface area (Å²) in [7, 11) is 0. The van der Waals surface area contributed by atoms with E-state index in [2.05, 4.69) is 4.98 Å². The summed E-state index contributed by atoms with van der Waals surface area (Å²) in [5.41, 5.74) is 2.55. The molecule has 2 aromatic heterocycles. The van der Waals surface area contributed by atoms with Crippen molar-refractivity contribution in [2.24, 2.45) is 0 Å². The summed E-state index contributed by atoms with van der Waals surface area (Å²) in [6.07, 6.45) is 3.74. The first-order valence-electron chi connectivity index (χ1n) is 4.31. The van der Waals surface area contributed by atoms with Crippen molar-refractivity contribution in [2.75, 3.05) is 0 Å². The topological polar surface area (TPSA) is 34.9 Å². The number of ketones is 1. The number of carbonyl (C=O) groups excluding carboxylic acids is 1. The molecule has 0 unspecified atom stereocenters. The Hall–Kier alpha value is -1.42. The third-order valence-corrected chi connectivity index (χ3v) is 2.76. The van der Waals surface area contributed by atoms with E-state index < -0.39 is 0 Å². The Morgan fingerprint density at radius 3 is 3.14 bits per heavy atom. The zero-order chi connectivity index (χ0) is 9.97. The van der Waals surface area contributed by atoms with Gasteiger partial charge in [-0.1, -0.05) is 0 Å². The van der Waals surface area contributed by atoms with E-state index in [9.17, 15) is 4.79 Å². The van der Waals surface area contributed by atoms with E-state index in [1.54, 1.807) is 23.8 Å². The van der Waals surface area contributed by atoms with Crippen molar-refractivity contribution in [3.05, 3.63) is 40.6 Å². The lowest BCUT2D eigenvalue weighted by Gasteiger charge is -2.03. The van der Waals surface area contributed by atoms with Crippen LogP contribution in [0.15, 0.2) is 30.0 Å². The summed E-state index contributed by atoms with van der Waals surface area (Å²) < 4.78 is 1.94. The van der Waals surface area contributed by atoms with Gasteiger partial charge in [-0.3, -0.25) is 9.78 Å². The lowest BCUT2D eigenvalue weighted by Crippen LogP contribution is -2.05. The average Bonchev–Trinajstić information content (AvgIpc) is 2.75. The van der Waals surface area contributed by atoms with Gasteiger partial charge in [-0.05, 0) is 12.1 Å². The number of rotatable bonds is 3. The lowest BCUT2D eigenvalue weighted by molar-refractivity contribution is 0.100. The van der Waals surface area contributed by atoms with Gasteiger partial charge in [0.15, 0.2) is 5.78 Å². The Morgan fingerprint density at radius 1 is 1.64 bits per heavy atom. The maximum atomic E-state index is 11.2. The molecule has 0 fully saturated rings. The van der Waals surface area contributed by atoms with Gasteiger partial charge in [0.1, 0.15) is 0 Å². The fourth-order valence-electron chi connectivity index (χ4n) is 1.36. The summed E-state index contributed by atoms with van der Waals surface area (Å²) in [4.78, 5) is 16.4. The van der Waals surface area contributed by atoms with Gasteiger partial charge in [0, 0.05) is 24.2 Å². The molecule has 3 nitrogen and oxygen atoms in total. The van der Waals surface area contributed by atoms with Crippen molar-refractivity contribution < 1.29 is 4.79 Å². The van der Waals surface area contributed by atoms with E-state index in [-0.39, 0.29) is 5.78 Å². The van der Waals surface area contributed by atoms with Crippen LogP contribution in [0.3, 0.4) is 0 Å². The number of nitrogens with zero attached hydrogens (tertiary/aromatic N) is 2. The van der Waals surface area contributed by atoms with Crippen LogP contribution in [0.25, 0.3) is 0 Å². The van der Waals surface area contributed by atoms with Crippen molar-refractivity contribution in [3.63, 3.8) is 0 Å². The summed E-state index contributed by atoms with van der Waals surface area (Å²) in [6.45, 7) is 2.31. The molecule has 2 rings (SSSR count). The minimum atomic E-state index is 0.0968. The van der Waals surface area contributed by atoms with E-state index in [1.807, 2.05) is 29.1 Å². The van der Waals surface area contributed by atoms with E-state index in [0.717, 1.165) is 17.1 Å². The van der Waals surface area contributed by atoms with Crippen molar-refractivity contribution >= 4 is 17.1 Å². The molecule has 0 spiro atoms. The number of aromatic nitrogens is 2. The van der Waals surface area contributed by atoms with Crippen molar-refractivity contribution in [3.8, 4) is 0 Å². The summed E-state index contributed by atoms with van der Waals surface area (Å²) in [6, 6.07) is 3.72. The zero-order valence-electron chi connectivity index (χ0n) is 7.80. The van der Waals surface area contributed by atoms with Gasteiger partial charge in [0.05, 0.1) is 17.7 Å². The zero-order valence-corrected chi connectivity index (χ0v) is 8.62. The highest BCUT2D eigenvalue weighted by molar-refractivity contribution is 7.09. The minimum Gasteiger partial charge on any atom is -0.340 e. The highest BCUT2D eigenvalue weighted by atomic mass is 32.1. The van der Waals surface area contributed by atoms with Gasteiger partial charge in [0.25, 0.3) is 0 Å². The predicted octanol–water partition coefficient (Wildman–Crippen LogP) is 2.20. The van der Waals surface area contributed by atoms with Gasteiger partial charge < -0.3 is 4.57 Å². The standard InChI is InChI=1S/C10H10N2OS/c1-8(13)10-3-2-4-12(10)6-9-5-11-7-14-9/h2-5,7H,6H2,1H3. The average molecular weight is 206 g/mol. The normalized spacial score (nSPS) is 10.4. The molecule has 0 aromatic carbocycles. The van der Waals surface area contributed by atoms with Gasteiger partial charge in [0.2, 0.25) is 0 Å². The van der Waals surface area contributed by atoms with Crippen LogP contribution >= 0.6 is 11.3 Å². The summed E-state index contributed by atoms with van der Waals surface area (Å²) >= 11 is 1.60. The first kappa shape index (κ1) is 9.15. The molecule has 0 amide bonds. The molecule has 72 valence electrons. The lowest BCUT2D eigenvalue weighted by atomic mass is 10.3. The molecule has 0 N–H and O–H groups in total. The van der Waals surface area contributed by atoms with E-state index in [1.165, 1.54) is 0 Å². The molecule has 0 aliphatic heterocycles. The maximum Gasteiger partial charge on any atom is 0.176 e. The molecular weight excluding hydrogens is 196 g/mol. The highest BCUT2D eigenvalue weighted by Gasteiger charge is 2.06. The summed E-state index contributed by atoms with van der Waals surface area (Å²) in [5.74, 6) is 0.0968. The predicted molar refractivity (Wildman–Crippen MR) is 55.7 cm³/mol. The number of hydrogen-bond donors (Lipinski definition) is 0. The van der Waals surface area contributed by atoms with Crippen molar-refractivity contribution in [1.82, 2.24) is 9.55 Å². The highest BCUT2D eigenvalue weighted by Crippen LogP contribution is 2.11. The van der Waals surface area contributed by atoms with Crippen molar-refractivity contribution in [2.45, 2.75) is 13.5 Å². The molecular formula is C10H10N2OS. The molecule has 0 saturated carbocycles. The second-order valence-corrected chi connectivity index (χ2v) is 4.02. The second-order valence-electron chi connectivity index (χ2n) is 3.05.